The van der Waals surface area contributed by atoms with E-state index >= 15 is 0 Å². The van der Waals surface area contributed by atoms with E-state index in [0.717, 1.165) is 19.3 Å². The third kappa shape index (κ3) is 4.94. The molecule has 3 aliphatic rings. The van der Waals surface area contributed by atoms with E-state index in [1.54, 1.807) is 18.2 Å². The molecule has 1 heterocycles. The van der Waals surface area contributed by atoms with E-state index in [0.29, 0.717) is 55.3 Å². The first kappa shape index (κ1) is 20.7. The molecule has 3 fully saturated rings. The van der Waals surface area contributed by atoms with Crippen LogP contribution in [-0.4, -0.2) is 38.3 Å². The van der Waals surface area contributed by atoms with Gasteiger partial charge in [-0.3, -0.25) is 4.79 Å². The number of anilines is 1. The van der Waals surface area contributed by atoms with Crippen LogP contribution in [-0.2, 0) is 14.8 Å². The number of amides is 1. The maximum atomic E-state index is 13.2. The number of benzene rings is 1. The lowest BCUT2D eigenvalue weighted by atomic mass is 9.94. The number of carbonyl (C=O) groups is 1. The van der Waals surface area contributed by atoms with Crippen LogP contribution in [0.3, 0.4) is 0 Å². The summed E-state index contributed by atoms with van der Waals surface area (Å²) in [6.07, 6.45) is 8.34. The van der Waals surface area contributed by atoms with Gasteiger partial charge in [-0.1, -0.05) is 6.42 Å². The zero-order chi connectivity index (χ0) is 20.4. The van der Waals surface area contributed by atoms with Gasteiger partial charge < -0.3 is 10.1 Å². The minimum atomic E-state index is -3.65. The number of rotatable bonds is 9. The Morgan fingerprint density at radius 1 is 1.14 bits per heavy atom. The molecule has 1 aromatic rings. The number of hydrogen-bond donors (Lipinski definition) is 1. The van der Waals surface area contributed by atoms with Crippen molar-refractivity contribution in [2.75, 3.05) is 25.0 Å². The standard InChI is InChI=1S/C22H32N2O4S/c1-2-28-20-11-10-18(14-21(20)29(26,27)24-12-4-3-5-13-24)23-22(25)15-19(16-6-7-16)17-8-9-17/h10-11,14,16-17,19H,2-9,12-13,15H2,1H3,(H,23,25). The minimum absolute atomic E-state index is 0.0146. The number of piperidine rings is 1. The van der Waals surface area contributed by atoms with Gasteiger partial charge in [-0.25, -0.2) is 8.42 Å². The van der Waals surface area contributed by atoms with Gasteiger partial charge in [0.05, 0.1) is 6.61 Å². The second kappa shape index (κ2) is 8.64. The maximum Gasteiger partial charge on any atom is 0.246 e. The van der Waals surface area contributed by atoms with E-state index in [1.807, 2.05) is 6.92 Å². The van der Waals surface area contributed by atoms with Crippen molar-refractivity contribution in [3.63, 3.8) is 0 Å². The van der Waals surface area contributed by atoms with Crippen molar-refractivity contribution in [3.05, 3.63) is 18.2 Å². The molecular weight excluding hydrogens is 388 g/mol. The van der Waals surface area contributed by atoms with Crippen molar-refractivity contribution in [3.8, 4) is 5.75 Å². The van der Waals surface area contributed by atoms with E-state index in [-0.39, 0.29) is 10.8 Å². The summed E-state index contributed by atoms with van der Waals surface area (Å²) >= 11 is 0. The zero-order valence-electron chi connectivity index (χ0n) is 17.2. The van der Waals surface area contributed by atoms with Crippen molar-refractivity contribution in [1.82, 2.24) is 4.31 Å². The third-order valence-corrected chi connectivity index (χ3v) is 8.26. The van der Waals surface area contributed by atoms with Gasteiger partial charge in [0.1, 0.15) is 10.6 Å². The van der Waals surface area contributed by atoms with E-state index in [1.165, 1.54) is 30.0 Å². The predicted octanol–water partition coefficient (Wildman–Crippen LogP) is 4.02. The summed E-state index contributed by atoms with van der Waals surface area (Å²) in [5, 5.41) is 2.94. The molecule has 1 saturated heterocycles. The van der Waals surface area contributed by atoms with Crippen LogP contribution >= 0.6 is 0 Å². The van der Waals surface area contributed by atoms with Crippen molar-refractivity contribution < 1.29 is 17.9 Å². The molecule has 0 atom stereocenters. The van der Waals surface area contributed by atoms with Crippen molar-refractivity contribution in [2.45, 2.75) is 63.2 Å². The topological polar surface area (TPSA) is 75.7 Å². The number of sulfonamides is 1. The number of hydrogen-bond acceptors (Lipinski definition) is 4. The van der Waals surface area contributed by atoms with Crippen molar-refractivity contribution in [2.24, 2.45) is 17.8 Å². The highest BCUT2D eigenvalue weighted by Gasteiger charge is 2.42. The molecule has 0 unspecified atom stereocenters. The first-order valence-corrected chi connectivity index (χ1v) is 12.5. The Labute approximate surface area is 174 Å². The quantitative estimate of drug-likeness (QED) is 0.655. The van der Waals surface area contributed by atoms with Crippen LogP contribution in [0.1, 0.15) is 58.3 Å². The molecule has 6 nitrogen and oxygen atoms in total. The number of nitrogens with one attached hydrogen (secondary N) is 1. The number of carbonyl (C=O) groups excluding carboxylic acids is 1. The number of ether oxygens (including phenoxy) is 1. The molecule has 1 aromatic carbocycles. The molecule has 160 valence electrons. The second-order valence-corrected chi connectivity index (χ2v) is 10.6. The van der Waals surface area contributed by atoms with Crippen LogP contribution in [0.15, 0.2) is 23.1 Å². The van der Waals surface area contributed by atoms with Gasteiger partial charge in [-0.15, -0.1) is 0 Å². The highest BCUT2D eigenvalue weighted by Crippen LogP contribution is 2.50. The molecule has 1 amide bonds. The predicted molar refractivity (Wildman–Crippen MR) is 112 cm³/mol. The Morgan fingerprint density at radius 2 is 1.79 bits per heavy atom. The van der Waals surface area contributed by atoms with Gasteiger partial charge in [0.2, 0.25) is 15.9 Å². The lowest BCUT2D eigenvalue weighted by Crippen LogP contribution is -2.35. The SMILES string of the molecule is CCOc1ccc(NC(=O)CC(C2CC2)C2CC2)cc1S(=O)(=O)N1CCCCC1. The minimum Gasteiger partial charge on any atom is -0.492 e. The zero-order valence-corrected chi connectivity index (χ0v) is 18.0. The summed E-state index contributed by atoms with van der Waals surface area (Å²) in [6.45, 7) is 3.30. The fourth-order valence-corrected chi connectivity index (χ4v) is 6.17. The largest absolute Gasteiger partial charge is 0.492 e. The van der Waals surface area contributed by atoms with Crippen LogP contribution in [0.5, 0.6) is 5.75 Å². The Bertz CT molecular complexity index is 828. The first-order chi connectivity index (χ1) is 14.0. The van der Waals surface area contributed by atoms with E-state index in [9.17, 15) is 13.2 Å². The van der Waals surface area contributed by atoms with Crippen LogP contribution in [0.2, 0.25) is 0 Å². The Kier molecular flexibility index (Phi) is 6.16. The molecule has 0 aromatic heterocycles. The molecule has 0 bridgehead atoms. The summed E-state index contributed by atoms with van der Waals surface area (Å²) in [5.41, 5.74) is 0.527. The number of nitrogens with zero attached hydrogens (tertiary/aromatic N) is 1. The molecule has 2 saturated carbocycles. The van der Waals surface area contributed by atoms with E-state index in [4.69, 9.17) is 4.74 Å². The molecular formula is C22H32N2O4S. The summed E-state index contributed by atoms with van der Waals surface area (Å²) in [4.78, 5) is 12.8. The van der Waals surface area contributed by atoms with E-state index in [2.05, 4.69) is 5.32 Å². The molecule has 0 spiro atoms. The molecule has 1 aliphatic heterocycles. The molecule has 7 heteroatoms. The highest BCUT2D eigenvalue weighted by molar-refractivity contribution is 7.89. The lowest BCUT2D eigenvalue weighted by molar-refractivity contribution is -0.117. The van der Waals surface area contributed by atoms with Gasteiger partial charge in [0.25, 0.3) is 0 Å². The molecule has 29 heavy (non-hydrogen) atoms. The van der Waals surface area contributed by atoms with E-state index < -0.39 is 10.0 Å². The average molecular weight is 421 g/mol. The Morgan fingerprint density at radius 3 is 2.38 bits per heavy atom. The second-order valence-electron chi connectivity index (χ2n) is 8.65. The lowest BCUT2D eigenvalue weighted by Gasteiger charge is -2.27. The van der Waals surface area contributed by atoms with Gasteiger partial charge in [0, 0.05) is 25.2 Å². The molecule has 2 aliphatic carbocycles. The van der Waals surface area contributed by atoms with Crippen LogP contribution in [0.25, 0.3) is 0 Å². The maximum absolute atomic E-state index is 13.2. The monoisotopic (exact) mass is 420 g/mol. The summed E-state index contributed by atoms with van der Waals surface area (Å²) in [7, 11) is -3.65. The van der Waals surface area contributed by atoms with Crippen molar-refractivity contribution in [1.29, 1.82) is 0 Å². The average Bonchev–Trinajstić information content (AvgIpc) is 3.62. The first-order valence-electron chi connectivity index (χ1n) is 11.1. The molecule has 0 radical (unpaired) electrons. The van der Waals surface area contributed by atoms with Gasteiger partial charge in [0.15, 0.2) is 0 Å². The normalized spacial score (nSPS) is 20.6. The fraction of sp³-hybridized carbons (Fsp3) is 0.682. The van der Waals surface area contributed by atoms with Gasteiger partial charge >= 0.3 is 0 Å². The van der Waals surface area contributed by atoms with Gasteiger partial charge in [-0.05, 0) is 81.4 Å². The van der Waals surface area contributed by atoms with Crippen LogP contribution < -0.4 is 10.1 Å². The van der Waals surface area contributed by atoms with Crippen LogP contribution in [0.4, 0.5) is 5.69 Å². The summed E-state index contributed by atoms with van der Waals surface area (Å²) < 4.78 is 33.6. The van der Waals surface area contributed by atoms with Crippen molar-refractivity contribution >= 4 is 21.6 Å². The smallest absolute Gasteiger partial charge is 0.246 e. The summed E-state index contributed by atoms with van der Waals surface area (Å²) in [5.74, 6) is 2.26. The third-order valence-electron chi connectivity index (χ3n) is 6.34. The highest BCUT2D eigenvalue weighted by atomic mass is 32.2. The Balaban J connectivity index is 1.51. The van der Waals surface area contributed by atoms with Gasteiger partial charge in [-0.2, -0.15) is 4.31 Å². The fourth-order valence-electron chi connectivity index (χ4n) is 4.50. The summed E-state index contributed by atoms with van der Waals surface area (Å²) in [6, 6.07) is 4.96. The molecule has 4 rings (SSSR count). The van der Waals surface area contributed by atoms with Crippen LogP contribution in [0, 0.1) is 17.8 Å². The Hall–Kier alpha value is -1.60. The molecule has 1 N–H and O–H groups in total.